The standard InChI is InChI=1S/C15H25N3O/c1-10(14(19)17-15(3,4)5)18-11(2)16-12-8-6-7-9-13(12)18/h10H,6-9H2,1-5H3,(H,17,19). The van der Waals surface area contributed by atoms with Crippen molar-refractivity contribution in [3.05, 3.63) is 17.2 Å². The fourth-order valence-electron chi connectivity index (χ4n) is 2.80. The lowest BCUT2D eigenvalue weighted by Crippen LogP contribution is -2.44. The molecule has 0 radical (unpaired) electrons. The number of aryl methyl sites for hydroxylation is 2. The number of hydrogen-bond acceptors (Lipinski definition) is 2. The number of fused-ring (bicyclic) bond motifs is 1. The zero-order valence-electron chi connectivity index (χ0n) is 12.7. The van der Waals surface area contributed by atoms with Gasteiger partial charge >= 0.3 is 0 Å². The second kappa shape index (κ2) is 4.99. The first-order valence-corrected chi connectivity index (χ1v) is 7.18. The zero-order chi connectivity index (χ0) is 14.2. The minimum Gasteiger partial charge on any atom is -0.350 e. The molecule has 0 bridgehead atoms. The predicted molar refractivity (Wildman–Crippen MR) is 76.2 cm³/mol. The fourth-order valence-corrected chi connectivity index (χ4v) is 2.80. The van der Waals surface area contributed by atoms with Gasteiger partial charge in [-0.25, -0.2) is 4.98 Å². The van der Waals surface area contributed by atoms with Crippen molar-refractivity contribution in [3.8, 4) is 0 Å². The van der Waals surface area contributed by atoms with Gasteiger partial charge in [-0.15, -0.1) is 0 Å². The van der Waals surface area contributed by atoms with Gasteiger partial charge in [0, 0.05) is 11.2 Å². The molecule has 1 aliphatic carbocycles. The van der Waals surface area contributed by atoms with Crippen LogP contribution in [-0.2, 0) is 17.6 Å². The number of nitrogens with one attached hydrogen (secondary N) is 1. The van der Waals surface area contributed by atoms with Crippen LogP contribution in [0, 0.1) is 6.92 Å². The van der Waals surface area contributed by atoms with Crippen LogP contribution in [0.2, 0.25) is 0 Å². The first-order chi connectivity index (χ1) is 8.79. The van der Waals surface area contributed by atoms with E-state index in [-0.39, 0.29) is 17.5 Å². The number of amides is 1. The lowest BCUT2D eigenvalue weighted by atomic mass is 10.0. The Morgan fingerprint density at radius 3 is 2.58 bits per heavy atom. The molecule has 1 unspecified atom stereocenters. The van der Waals surface area contributed by atoms with Crippen molar-refractivity contribution >= 4 is 5.91 Å². The average Bonchev–Trinajstić information content (AvgIpc) is 2.61. The van der Waals surface area contributed by atoms with Gasteiger partial charge in [0.05, 0.1) is 5.69 Å². The second-order valence-electron chi connectivity index (χ2n) is 6.54. The first-order valence-electron chi connectivity index (χ1n) is 7.18. The first kappa shape index (κ1) is 14.1. The molecule has 1 heterocycles. The summed E-state index contributed by atoms with van der Waals surface area (Å²) in [5, 5.41) is 3.05. The van der Waals surface area contributed by atoms with E-state index in [1.165, 1.54) is 24.2 Å². The van der Waals surface area contributed by atoms with Crippen LogP contribution < -0.4 is 5.32 Å². The van der Waals surface area contributed by atoms with Gasteiger partial charge in [0.2, 0.25) is 5.91 Å². The Morgan fingerprint density at radius 2 is 1.95 bits per heavy atom. The fraction of sp³-hybridized carbons (Fsp3) is 0.733. The summed E-state index contributed by atoms with van der Waals surface area (Å²) in [6.07, 6.45) is 4.51. The highest BCUT2D eigenvalue weighted by Crippen LogP contribution is 2.25. The summed E-state index contributed by atoms with van der Waals surface area (Å²) in [5.74, 6) is 1.03. The molecular weight excluding hydrogens is 238 g/mol. The molecule has 0 saturated heterocycles. The summed E-state index contributed by atoms with van der Waals surface area (Å²) in [4.78, 5) is 17.0. The van der Waals surface area contributed by atoms with Crippen molar-refractivity contribution in [3.63, 3.8) is 0 Å². The number of carbonyl (C=O) groups excluding carboxylic acids is 1. The average molecular weight is 263 g/mol. The Hall–Kier alpha value is -1.32. The molecule has 4 heteroatoms. The van der Waals surface area contributed by atoms with Crippen LogP contribution in [0.1, 0.15) is 63.8 Å². The summed E-state index contributed by atoms with van der Waals surface area (Å²) in [6, 6.07) is -0.187. The van der Waals surface area contributed by atoms with E-state index in [2.05, 4.69) is 14.9 Å². The Labute approximate surface area is 115 Å². The van der Waals surface area contributed by atoms with E-state index in [1.807, 2.05) is 34.6 Å². The van der Waals surface area contributed by atoms with Crippen LogP contribution in [0.4, 0.5) is 0 Å². The number of aromatic nitrogens is 2. The molecule has 4 nitrogen and oxygen atoms in total. The molecule has 106 valence electrons. The molecule has 0 aliphatic heterocycles. The molecule has 19 heavy (non-hydrogen) atoms. The smallest absolute Gasteiger partial charge is 0.243 e. The summed E-state index contributed by atoms with van der Waals surface area (Å²) in [6.45, 7) is 9.99. The molecule has 0 fully saturated rings. The minimum absolute atomic E-state index is 0.0707. The third kappa shape index (κ3) is 2.99. The quantitative estimate of drug-likeness (QED) is 0.891. The molecule has 0 saturated carbocycles. The Balaban J connectivity index is 2.26. The van der Waals surface area contributed by atoms with Gasteiger partial charge in [-0.3, -0.25) is 4.79 Å². The van der Waals surface area contributed by atoms with E-state index in [0.29, 0.717) is 0 Å². The minimum atomic E-state index is -0.195. The van der Waals surface area contributed by atoms with Crippen LogP contribution in [0.15, 0.2) is 0 Å². The number of rotatable bonds is 2. The number of carbonyl (C=O) groups is 1. The summed E-state index contributed by atoms with van der Waals surface area (Å²) in [5.41, 5.74) is 2.26. The van der Waals surface area contributed by atoms with Crippen LogP contribution >= 0.6 is 0 Å². The lowest BCUT2D eigenvalue weighted by molar-refractivity contribution is -0.125. The summed E-state index contributed by atoms with van der Waals surface area (Å²) in [7, 11) is 0. The van der Waals surface area contributed by atoms with E-state index in [4.69, 9.17) is 0 Å². The summed E-state index contributed by atoms with van der Waals surface area (Å²) < 4.78 is 2.12. The van der Waals surface area contributed by atoms with Gasteiger partial charge in [0.25, 0.3) is 0 Å². The Kier molecular flexibility index (Phi) is 3.70. The van der Waals surface area contributed by atoms with Crippen LogP contribution in [0.25, 0.3) is 0 Å². The van der Waals surface area contributed by atoms with Gasteiger partial charge in [-0.2, -0.15) is 0 Å². The third-order valence-electron chi connectivity index (χ3n) is 3.61. The molecule has 1 N–H and O–H groups in total. The summed E-state index contributed by atoms with van der Waals surface area (Å²) >= 11 is 0. The topological polar surface area (TPSA) is 46.9 Å². The van der Waals surface area contributed by atoms with Crippen molar-refractivity contribution in [2.24, 2.45) is 0 Å². The molecule has 1 aliphatic rings. The number of hydrogen-bond donors (Lipinski definition) is 1. The SMILES string of the molecule is Cc1nc2c(n1C(C)C(=O)NC(C)(C)C)CCCC2. The van der Waals surface area contributed by atoms with Gasteiger partial charge in [-0.05, 0) is 60.3 Å². The molecule has 2 rings (SSSR count). The van der Waals surface area contributed by atoms with E-state index < -0.39 is 0 Å². The second-order valence-corrected chi connectivity index (χ2v) is 6.54. The maximum Gasteiger partial charge on any atom is 0.243 e. The van der Waals surface area contributed by atoms with E-state index in [1.54, 1.807) is 0 Å². The van der Waals surface area contributed by atoms with Crippen LogP contribution in [0.5, 0.6) is 0 Å². The van der Waals surface area contributed by atoms with Crippen LogP contribution in [0.3, 0.4) is 0 Å². The Bertz CT molecular complexity index is 482. The van der Waals surface area contributed by atoms with Crippen molar-refractivity contribution in [2.45, 2.75) is 71.9 Å². The largest absolute Gasteiger partial charge is 0.350 e. The molecular formula is C15H25N3O. The monoisotopic (exact) mass is 263 g/mol. The highest BCUT2D eigenvalue weighted by molar-refractivity contribution is 5.80. The third-order valence-corrected chi connectivity index (χ3v) is 3.61. The maximum absolute atomic E-state index is 12.3. The highest BCUT2D eigenvalue weighted by atomic mass is 16.2. The van der Waals surface area contributed by atoms with Gasteiger partial charge in [0.1, 0.15) is 11.9 Å². The molecule has 0 spiro atoms. The van der Waals surface area contributed by atoms with E-state index >= 15 is 0 Å². The molecule has 1 aromatic heterocycles. The molecule has 0 aromatic carbocycles. The predicted octanol–water partition coefficient (Wildman–Crippen LogP) is 2.55. The molecule has 1 aromatic rings. The van der Waals surface area contributed by atoms with Crippen molar-refractivity contribution in [2.75, 3.05) is 0 Å². The van der Waals surface area contributed by atoms with Crippen LogP contribution in [-0.4, -0.2) is 21.0 Å². The van der Waals surface area contributed by atoms with Gasteiger partial charge < -0.3 is 9.88 Å². The maximum atomic E-state index is 12.3. The molecule has 1 atom stereocenters. The lowest BCUT2D eigenvalue weighted by Gasteiger charge is -2.26. The van der Waals surface area contributed by atoms with E-state index in [0.717, 1.165) is 18.7 Å². The van der Waals surface area contributed by atoms with Crippen molar-refractivity contribution in [1.29, 1.82) is 0 Å². The Morgan fingerprint density at radius 1 is 1.32 bits per heavy atom. The van der Waals surface area contributed by atoms with Gasteiger partial charge in [0.15, 0.2) is 0 Å². The zero-order valence-corrected chi connectivity index (χ0v) is 12.7. The van der Waals surface area contributed by atoms with Crippen molar-refractivity contribution < 1.29 is 4.79 Å². The highest BCUT2D eigenvalue weighted by Gasteiger charge is 2.26. The number of imidazole rings is 1. The van der Waals surface area contributed by atoms with Gasteiger partial charge in [-0.1, -0.05) is 0 Å². The normalized spacial score (nSPS) is 16.9. The van der Waals surface area contributed by atoms with E-state index in [9.17, 15) is 4.79 Å². The number of nitrogens with zero attached hydrogens (tertiary/aromatic N) is 2. The van der Waals surface area contributed by atoms with Crippen molar-refractivity contribution in [1.82, 2.24) is 14.9 Å². The molecule has 1 amide bonds.